The molecule has 0 aliphatic carbocycles. The van der Waals surface area contributed by atoms with E-state index in [1.165, 1.54) is 28.9 Å². The SMILES string of the molecule is Cc1nn(-c2ccccc2)c2c1[C@@H](c1cccc([N+](=O)[O-])c1)[C@@H](NC(=O)c1cccc(C(F)(F)F)c1)C(=O)N2. The first-order valence-corrected chi connectivity index (χ1v) is 11.7. The number of alkyl halides is 3. The van der Waals surface area contributed by atoms with Crippen molar-refractivity contribution in [3.8, 4) is 5.69 Å². The average molecular weight is 535 g/mol. The standard InChI is InChI=1S/C27H20F3N5O4/c1-15-21-22(16-7-6-12-20(14-16)35(38)39)23(31-25(36)17-8-5-9-18(13-17)27(28,29)30)26(37)32-24(21)34(33-15)19-10-3-2-4-11-19/h2-14,22-23H,1H3,(H,31,36)(H,32,37)/t22-,23-/m1/s1. The minimum absolute atomic E-state index is 0.226. The van der Waals surface area contributed by atoms with Crippen LogP contribution in [0.1, 0.15) is 38.7 Å². The lowest BCUT2D eigenvalue weighted by Gasteiger charge is -2.32. The van der Waals surface area contributed by atoms with Crippen LogP contribution in [-0.4, -0.2) is 32.6 Å². The smallest absolute Gasteiger partial charge is 0.339 e. The van der Waals surface area contributed by atoms with Gasteiger partial charge in [0.15, 0.2) is 0 Å². The van der Waals surface area contributed by atoms with Gasteiger partial charge in [-0.2, -0.15) is 18.3 Å². The van der Waals surface area contributed by atoms with Crippen molar-refractivity contribution in [3.63, 3.8) is 0 Å². The fraction of sp³-hybridized carbons (Fsp3) is 0.148. The molecular weight excluding hydrogens is 515 g/mol. The molecule has 1 aliphatic heterocycles. The lowest BCUT2D eigenvalue weighted by Crippen LogP contribution is -2.50. The molecule has 2 atom stereocenters. The van der Waals surface area contributed by atoms with E-state index in [-0.39, 0.29) is 11.3 Å². The van der Waals surface area contributed by atoms with E-state index in [4.69, 9.17) is 0 Å². The summed E-state index contributed by atoms with van der Waals surface area (Å²) in [5.74, 6) is -2.17. The van der Waals surface area contributed by atoms with Crippen LogP contribution >= 0.6 is 0 Å². The van der Waals surface area contributed by atoms with E-state index in [0.29, 0.717) is 34.4 Å². The number of carbonyl (C=O) groups is 2. The maximum absolute atomic E-state index is 13.5. The number of nitro groups is 1. The van der Waals surface area contributed by atoms with Gasteiger partial charge >= 0.3 is 6.18 Å². The third kappa shape index (κ3) is 4.83. The predicted molar refractivity (Wildman–Crippen MR) is 135 cm³/mol. The topological polar surface area (TPSA) is 119 Å². The summed E-state index contributed by atoms with van der Waals surface area (Å²) in [6.45, 7) is 1.70. The maximum atomic E-state index is 13.5. The minimum Gasteiger partial charge on any atom is -0.339 e. The fourth-order valence-corrected chi connectivity index (χ4v) is 4.70. The molecule has 198 valence electrons. The van der Waals surface area contributed by atoms with Crippen LogP contribution in [0.15, 0.2) is 78.9 Å². The molecule has 0 saturated heterocycles. The molecule has 12 heteroatoms. The fourth-order valence-electron chi connectivity index (χ4n) is 4.70. The molecule has 5 rings (SSSR count). The quantitative estimate of drug-likeness (QED) is 0.276. The van der Waals surface area contributed by atoms with Gasteiger partial charge in [0.25, 0.3) is 11.6 Å². The molecule has 1 aliphatic rings. The Hall–Kier alpha value is -5.00. The number of anilines is 1. The third-order valence-corrected chi connectivity index (χ3v) is 6.45. The number of para-hydroxylation sites is 1. The first-order chi connectivity index (χ1) is 18.5. The Morgan fingerprint density at radius 3 is 2.46 bits per heavy atom. The van der Waals surface area contributed by atoms with Crippen molar-refractivity contribution in [2.75, 3.05) is 5.32 Å². The number of non-ortho nitro benzene ring substituents is 1. The number of nitrogens with one attached hydrogen (secondary N) is 2. The largest absolute Gasteiger partial charge is 0.416 e. The Kier molecular flexibility index (Phi) is 6.38. The maximum Gasteiger partial charge on any atom is 0.416 e. The molecule has 9 nitrogen and oxygen atoms in total. The molecule has 4 aromatic rings. The van der Waals surface area contributed by atoms with Crippen LogP contribution in [-0.2, 0) is 11.0 Å². The summed E-state index contributed by atoms with van der Waals surface area (Å²) >= 11 is 0. The van der Waals surface area contributed by atoms with Gasteiger partial charge in [0.05, 0.1) is 21.9 Å². The first kappa shape index (κ1) is 25.6. The Bertz CT molecular complexity index is 1600. The van der Waals surface area contributed by atoms with E-state index >= 15 is 0 Å². The second kappa shape index (κ2) is 9.71. The van der Waals surface area contributed by atoms with Gasteiger partial charge in [-0.3, -0.25) is 19.7 Å². The third-order valence-electron chi connectivity index (χ3n) is 6.45. The number of amides is 2. The second-order valence-corrected chi connectivity index (χ2v) is 8.94. The molecule has 0 fully saturated rings. The normalized spacial score (nSPS) is 16.8. The molecule has 1 aromatic heterocycles. The number of rotatable bonds is 5. The van der Waals surface area contributed by atoms with Crippen LogP contribution in [0, 0.1) is 17.0 Å². The van der Waals surface area contributed by atoms with Gasteiger partial charge in [-0.15, -0.1) is 0 Å². The van der Waals surface area contributed by atoms with Gasteiger partial charge in [-0.1, -0.05) is 36.4 Å². The van der Waals surface area contributed by atoms with Gasteiger partial charge in [-0.25, -0.2) is 4.68 Å². The van der Waals surface area contributed by atoms with E-state index in [1.807, 2.05) is 6.07 Å². The summed E-state index contributed by atoms with van der Waals surface area (Å²) in [7, 11) is 0. The van der Waals surface area contributed by atoms with Gasteiger partial charge < -0.3 is 10.6 Å². The highest BCUT2D eigenvalue weighted by atomic mass is 19.4. The van der Waals surface area contributed by atoms with Crippen LogP contribution in [0.2, 0.25) is 0 Å². The number of aromatic nitrogens is 2. The van der Waals surface area contributed by atoms with Crippen LogP contribution in [0.25, 0.3) is 5.69 Å². The first-order valence-electron chi connectivity index (χ1n) is 11.7. The molecule has 3 aromatic carbocycles. The van der Waals surface area contributed by atoms with Crippen molar-refractivity contribution < 1.29 is 27.7 Å². The van der Waals surface area contributed by atoms with E-state index in [2.05, 4.69) is 15.7 Å². The van der Waals surface area contributed by atoms with Crippen LogP contribution in [0.5, 0.6) is 0 Å². The van der Waals surface area contributed by atoms with Gasteiger partial charge in [0.1, 0.15) is 11.9 Å². The Morgan fingerprint density at radius 1 is 1.05 bits per heavy atom. The van der Waals surface area contributed by atoms with Gasteiger partial charge in [0, 0.05) is 29.2 Å². The zero-order valence-electron chi connectivity index (χ0n) is 20.3. The number of hydrogen-bond donors (Lipinski definition) is 2. The Morgan fingerprint density at radius 2 is 1.77 bits per heavy atom. The number of aryl methyl sites for hydroxylation is 1. The van der Waals surface area contributed by atoms with Crippen LogP contribution < -0.4 is 10.6 Å². The molecule has 2 amide bonds. The number of nitro benzene ring substituents is 1. The lowest BCUT2D eigenvalue weighted by atomic mass is 9.81. The van der Waals surface area contributed by atoms with Crippen molar-refractivity contribution in [2.24, 2.45) is 0 Å². The number of nitrogens with zero attached hydrogens (tertiary/aromatic N) is 3. The average Bonchev–Trinajstić information content (AvgIpc) is 3.24. The molecule has 0 radical (unpaired) electrons. The van der Waals surface area contributed by atoms with Crippen molar-refractivity contribution in [3.05, 3.63) is 117 Å². The summed E-state index contributed by atoms with van der Waals surface area (Å²) in [5.41, 5.74) is 0.462. The summed E-state index contributed by atoms with van der Waals surface area (Å²) in [5, 5.41) is 21.4. The summed E-state index contributed by atoms with van der Waals surface area (Å²) in [6, 6.07) is 17.1. The van der Waals surface area contributed by atoms with E-state index in [1.54, 1.807) is 37.3 Å². The van der Waals surface area contributed by atoms with Gasteiger partial charge in [0.2, 0.25) is 5.91 Å². The zero-order valence-corrected chi connectivity index (χ0v) is 20.3. The van der Waals surface area contributed by atoms with Crippen molar-refractivity contribution in [1.29, 1.82) is 0 Å². The molecule has 2 heterocycles. The zero-order chi connectivity index (χ0) is 27.9. The molecule has 0 bridgehead atoms. The van der Waals surface area contributed by atoms with E-state index in [0.717, 1.165) is 12.1 Å². The molecular formula is C27H20F3N5O4. The number of benzene rings is 3. The number of carbonyl (C=O) groups excluding carboxylic acids is 2. The molecule has 0 unspecified atom stereocenters. The van der Waals surface area contributed by atoms with Crippen LogP contribution in [0.4, 0.5) is 24.7 Å². The molecule has 0 saturated carbocycles. The molecule has 39 heavy (non-hydrogen) atoms. The van der Waals surface area contributed by atoms with Crippen molar-refractivity contribution in [2.45, 2.75) is 25.1 Å². The monoisotopic (exact) mass is 535 g/mol. The minimum atomic E-state index is -4.66. The molecule has 0 spiro atoms. The number of hydrogen-bond acceptors (Lipinski definition) is 5. The number of fused-ring (bicyclic) bond motifs is 1. The Balaban J connectivity index is 1.62. The number of halogens is 3. The van der Waals surface area contributed by atoms with E-state index < -0.39 is 40.4 Å². The Labute approximate surface area is 219 Å². The summed E-state index contributed by atoms with van der Waals surface area (Å²) < 4.78 is 41.2. The molecule has 2 N–H and O–H groups in total. The van der Waals surface area contributed by atoms with Crippen molar-refractivity contribution in [1.82, 2.24) is 15.1 Å². The summed E-state index contributed by atoms with van der Waals surface area (Å²) in [4.78, 5) is 37.5. The van der Waals surface area contributed by atoms with E-state index in [9.17, 15) is 32.9 Å². The van der Waals surface area contributed by atoms with Crippen LogP contribution in [0.3, 0.4) is 0 Å². The summed E-state index contributed by atoms with van der Waals surface area (Å²) in [6.07, 6.45) is -4.66. The lowest BCUT2D eigenvalue weighted by molar-refractivity contribution is -0.384. The highest BCUT2D eigenvalue weighted by molar-refractivity contribution is 6.04. The van der Waals surface area contributed by atoms with Crippen molar-refractivity contribution >= 4 is 23.3 Å². The highest BCUT2D eigenvalue weighted by Crippen LogP contribution is 2.41. The highest BCUT2D eigenvalue weighted by Gasteiger charge is 2.42. The predicted octanol–water partition coefficient (Wildman–Crippen LogP) is 4.99. The second-order valence-electron chi connectivity index (χ2n) is 8.94. The van der Waals surface area contributed by atoms with Gasteiger partial charge in [-0.05, 0) is 42.8 Å².